The lowest BCUT2D eigenvalue weighted by atomic mass is 10.2. The number of nitrogens with zero attached hydrogens (tertiary/aromatic N) is 2. The van der Waals surface area contributed by atoms with Crippen LogP contribution >= 0.6 is 11.3 Å². The Kier molecular flexibility index (Phi) is 6.87. The van der Waals surface area contributed by atoms with Crippen molar-refractivity contribution in [1.29, 1.82) is 0 Å². The van der Waals surface area contributed by atoms with Crippen molar-refractivity contribution < 1.29 is 4.74 Å². The SMILES string of the molecule is CN=C(NCCOc1cccnc1)NC(C)Cc1ccc(C)s1. The van der Waals surface area contributed by atoms with Crippen LogP contribution in [0.4, 0.5) is 0 Å². The van der Waals surface area contributed by atoms with Crippen molar-refractivity contribution in [3.05, 3.63) is 46.4 Å². The normalized spacial score (nSPS) is 12.7. The van der Waals surface area contributed by atoms with Crippen LogP contribution in [0.1, 0.15) is 16.7 Å². The van der Waals surface area contributed by atoms with E-state index in [0.717, 1.165) is 18.1 Å². The number of pyridine rings is 1. The van der Waals surface area contributed by atoms with Gasteiger partial charge in [-0.2, -0.15) is 0 Å². The highest BCUT2D eigenvalue weighted by molar-refractivity contribution is 7.11. The number of aryl methyl sites for hydroxylation is 1. The van der Waals surface area contributed by atoms with E-state index in [2.05, 4.69) is 46.6 Å². The summed E-state index contributed by atoms with van der Waals surface area (Å²) in [6.07, 6.45) is 4.43. The minimum atomic E-state index is 0.318. The molecule has 0 aliphatic carbocycles. The molecule has 0 amide bonds. The minimum absolute atomic E-state index is 0.318. The monoisotopic (exact) mass is 332 g/mol. The van der Waals surface area contributed by atoms with Crippen LogP contribution in [0.5, 0.6) is 5.75 Å². The van der Waals surface area contributed by atoms with Gasteiger partial charge in [0.05, 0.1) is 12.7 Å². The van der Waals surface area contributed by atoms with E-state index in [1.165, 1.54) is 9.75 Å². The van der Waals surface area contributed by atoms with Crippen molar-refractivity contribution in [1.82, 2.24) is 15.6 Å². The number of hydrogen-bond acceptors (Lipinski definition) is 4. The summed E-state index contributed by atoms with van der Waals surface area (Å²) in [4.78, 5) is 11.0. The quantitative estimate of drug-likeness (QED) is 0.465. The summed E-state index contributed by atoms with van der Waals surface area (Å²) >= 11 is 1.84. The number of thiophene rings is 1. The van der Waals surface area contributed by atoms with Crippen LogP contribution in [0.2, 0.25) is 0 Å². The number of rotatable bonds is 7. The lowest BCUT2D eigenvalue weighted by molar-refractivity contribution is 0.320. The van der Waals surface area contributed by atoms with Crippen LogP contribution in [-0.4, -0.2) is 37.2 Å². The van der Waals surface area contributed by atoms with Gasteiger partial charge in [-0.3, -0.25) is 9.98 Å². The van der Waals surface area contributed by atoms with Crippen LogP contribution in [0.3, 0.4) is 0 Å². The third-order valence-corrected chi connectivity index (χ3v) is 4.23. The first kappa shape index (κ1) is 17.3. The molecule has 0 bridgehead atoms. The van der Waals surface area contributed by atoms with Crippen LogP contribution in [-0.2, 0) is 6.42 Å². The van der Waals surface area contributed by atoms with Gasteiger partial charge in [0.25, 0.3) is 0 Å². The number of aliphatic imine (C=N–C) groups is 1. The van der Waals surface area contributed by atoms with E-state index in [1.807, 2.05) is 23.5 Å². The average molecular weight is 332 g/mol. The molecule has 2 aromatic heterocycles. The molecule has 0 aliphatic rings. The Morgan fingerprint density at radius 3 is 2.91 bits per heavy atom. The van der Waals surface area contributed by atoms with Crippen molar-refractivity contribution in [2.45, 2.75) is 26.3 Å². The molecule has 1 unspecified atom stereocenters. The molecule has 2 N–H and O–H groups in total. The maximum Gasteiger partial charge on any atom is 0.191 e. The van der Waals surface area contributed by atoms with E-state index in [1.54, 1.807) is 19.4 Å². The molecular formula is C17H24N4OS. The molecule has 5 nitrogen and oxygen atoms in total. The Labute approximate surface area is 141 Å². The third kappa shape index (κ3) is 6.28. The Bertz CT molecular complexity index is 612. The third-order valence-electron chi connectivity index (χ3n) is 3.21. The first-order chi connectivity index (χ1) is 11.2. The van der Waals surface area contributed by atoms with E-state index in [9.17, 15) is 0 Å². The first-order valence-electron chi connectivity index (χ1n) is 7.72. The first-order valence-corrected chi connectivity index (χ1v) is 8.54. The van der Waals surface area contributed by atoms with Crippen molar-refractivity contribution in [2.75, 3.05) is 20.2 Å². The highest BCUT2D eigenvalue weighted by atomic mass is 32.1. The van der Waals surface area contributed by atoms with Gasteiger partial charge >= 0.3 is 0 Å². The molecule has 1 atom stereocenters. The largest absolute Gasteiger partial charge is 0.490 e. The molecule has 6 heteroatoms. The summed E-state index contributed by atoms with van der Waals surface area (Å²) in [6, 6.07) is 8.42. The van der Waals surface area contributed by atoms with Crippen LogP contribution < -0.4 is 15.4 Å². The highest BCUT2D eigenvalue weighted by Crippen LogP contribution is 2.16. The van der Waals surface area contributed by atoms with Crippen molar-refractivity contribution in [3.8, 4) is 5.75 Å². The molecule has 0 aliphatic heterocycles. The second-order valence-electron chi connectivity index (χ2n) is 5.30. The zero-order valence-electron chi connectivity index (χ0n) is 13.9. The van der Waals surface area contributed by atoms with E-state index < -0.39 is 0 Å². The standard InChI is InChI=1S/C17H24N4OS/c1-13(11-16-7-6-14(2)23-16)21-17(18-3)20-9-10-22-15-5-4-8-19-12-15/h4-8,12-13H,9-11H2,1-3H3,(H2,18,20,21). The Morgan fingerprint density at radius 1 is 1.39 bits per heavy atom. The van der Waals surface area contributed by atoms with Crippen LogP contribution in [0.25, 0.3) is 0 Å². The van der Waals surface area contributed by atoms with E-state index in [-0.39, 0.29) is 0 Å². The van der Waals surface area contributed by atoms with Gasteiger partial charge in [0.2, 0.25) is 0 Å². The maximum absolute atomic E-state index is 5.60. The Morgan fingerprint density at radius 2 is 2.26 bits per heavy atom. The van der Waals surface area contributed by atoms with Crippen LogP contribution in [0.15, 0.2) is 41.7 Å². The van der Waals surface area contributed by atoms with Crippen molar-refractivity contribution in [2.24, 2.45) is 4.99 Å². The van der Waals surface area contributed by atoms with Gasteiger partial charge in [-0.1, -0.05) is 0 Å². The average Bonchev–Trinajstić information content (AvgIpc) is 2.96. The molecule has 0 aromatic carbocycles. The molecule has 23 heavy (non-hydrogen) atoms. The number of guanidine groups is 1. The number of ether oxygens (including phenoxy) is 1. The fraction of sp³-hybridized carbons (Fsp3) is 0.412. The zero-order chi connectivity index (χ0) is 16.5. The minimum Gasteiger partial charge on any atom is -0.490 e. The predicted molar refractivity (Wildman–Crippen MR) is 96.5 cm³/mol. The Balaban J connectivity index is 1.68. The van der Waals surface area contributed by atoms with Gasteiger partial charge in [0.1, 0.15) is 12.4 Å². The summed E-state index contributed by atoms with van der Waals surface area (Å²) < 4.78 is 5.60. The smallest absolute Gasteiger partial charge is 0.191 e. The maximum atomic E-state index is 5.60. The summed E-state index contributed by atoms with van der Waals surface area (Å²) in [6.45, 7) is 5.54. The summed E-state index contributed by atoms with van der Waals surface area (Å²) in [5, 5.41) is 6.66. The van der Waals surface area contributed by atoms with E-state index >= 15 is 0 Å². The van der Waals surface area contributed by atoms with Gasteiger partial charge in [-0.15, -0.1) is 11.3 Å². The second-order valence-corrected chi connectivity index (χ2v) is 6.67. The lowest BCUT2D eigenvalue weighted by Crippen LogP contribution is -2.44. The van der Waals surface area contributed by atoms with Gasteiger partial charge in [0.15, 0.2) is 5.96 Å². The van der Waals surface area contributed by atoms with Crippen LogP contribution in [0, 0.1) is 6.92 Å². The topological polar surface area (TPSA) is 58.5 Å². The van der Waals surface area contributed by atoms with Gasteiger partial charge in [0, 0.05) is 35.5 Å². The van der Waals surface area contributed by atoms with E-state index in [4.69, 9.17) is 4.74 Å². The predicted octanol–water partition coefficient (Wildman–Crippen LogP) is 2.63. The fourth-order valence-electron chi connectivity index (χ4n) is 2.15. The summed E-state index contributed by atoms with van der Waals surface area (Å²) in [7, 11) is 1.78. The molecule has 0 saturated carbocycles. The molecule has 2 rings (SSSR count). The number of aromatic nitrogens is 1. The molecule has 2 aromatic rings. The molecule has 124 valence electrons. The molecule has 0 radical (unpaired) electrons. The summed E-state index contributed by atoms with van der Waals surface area (Å²) in [5.41, 5.74) is 0. The molecule has 0 fully saturated rings. The molecule has 0 spiro atoms. The van der Waals surface area contributed by atoms with Crippen molar-refractivity contribution in [3.63, 3.8) is 0 Å². The second kappa shape index (κ2) is 9.15. The molecular weight excluding hydrogens is 308 g/mol. The van der Waals surface area contributed by atoms with Crippen molar-refractivity contribution >= 4 is 17.3 Å². The fourth-order valence-corrected chi connectivity index (χ4v) is 3.17. The van der Waals surface area contributed by atoms with E-state index in [0.29, 0.717) is 19.2 Å². The van der Waals surface area contributed by atoms with Gasteiger partial charge < -0.3 is 15.4 Å². The zero-order valence-corrected chi connectivity index (χ0v) is 14.7. The number of hydrogen-bond donors (Lipinski definition) is 2. The highest BCUT2D eigenvalue weighted by Gasteiger charge is 2.07. The van der Waals surface area contributed by atoms with Gasteiger partial charge in [-0.25, -0.2) is 0 Å². The summed E-state index contributed by atoms with van der Waals surface area (Å²) in [5.74, 6) is 1.57. The Hall–Kier alpha value is -2.08. The lowest BCUT2D eigenvalue weighted by Gasteiger charge is -2.17. The number of nitrogens with one attached hydrogen (secondary N) is 2. The molecule has 0 saturated heterocycles. The van der Waals surface area contributed by atoms with Gasteiger partial charge in [-0.05, 0) is 38.1 Å². The molecule has 2 heterocycles.